The monoisotopic (exact) mass is 439 g/mol. The molecule has 0 bridgehead atoms. The van der Waals surface area contributed by atoms with E-state index in [9.17, 15) is 9.59 Å². The summed E-state index contributed by atoms with van der Waals surface area (Å²) in [5, 5.41) is 8.07. The molecule has 7 nitrogen and oxygen atoms in total. The summed E-state index contributed by atoms with van der Waals surface area (Å²) in [6.07, 6.45) is 3.08. The second-order valence-electron chi connectivity index (χ2n) is 6.81. The van der Waals surface area contributed by atoms with Crippen LogP contribution in [0.4, 0.5) is 5.69 Å². The average molecular weight is 440 g/mol. The maximum Gasteiger partial charge on any atom is 0.350 e. The van der Waals surface area contributed by atoms with Crippen molar-refractivity contribution in [1.82, 2.24) is 19.2 Å². The molecule has 0 aliphatic heterocycles. The minimum absolute atomic E-state index is 0.237. The molecule has 0 unspecified atom stereocenters. The highest BCUT2D eigenvalue weighted by Crippen LogP contribution is 2.28. The van der Waals surface area contributed by atoms with Crippen molar-refractivity contribution in [2.24, 2.45) is 0 Å². The van der Waals surface area contributed by atoms with Crippen molar-refractivity contribution in [1.29, 1.82) is 0 Å². The first-order valence-corrected chi connectivity index (χ1v) is 10.3. The SMILES string of the molecule is Cc1ccc(Sc2nccn3c(=O)n(CC(=O)Nc4ccc(C)cc4Cl)nc23)cc1. The summed E-state index contributed by atoms with van der Waals surface area (Å²) in [6, 6.07) is 13.3. The Hall–Kier alpha value is -3.10. The van der Waals surface area contributed by atoms with Gasteiger partial charge in [0.25, 0.3) is 0 Å². The van der Waals surface area contributed by atoms with Gasteiger partial charge in [0, 0.05) is 17.3 Å². The van der Waals surface area contributed by atoms with Crippen LogP contribution in [0.1, 0.15) is 11.1 Å². The van der Waals surface area contributed by atoms with Crippen LogP contribution in [0.3, 0.4) is 0 Å². The van der Waals surface area contributed by atoms with Gasteiger partial charge >= 0.3 is 5.69 Å². The molecule has 30 heavy (non-hydrogen) atoms. The summed E-state index contributed by atoms with van der Waals surface area (Å²) in [5.41, 5.74) is 2.62. The molecule has 0 aliphatic rings. The predicted octanol–water partition coefficient (Wildman–Crippen LogP) is 3.95. The zero-order valence-electron chi connectivity index (χ0n) is 16.3. The Morgan fingerprint density at radius 3 is 2.60 bits per heavy atom. The van der Waals surface area contributed by atoms with Crippen molar-refractivity contribution >= 4 is 40.6 Å². The lowest BCUT2D eigenvalue weighted by Crippen LogP contribution is -2.28. The van der Waals surface area contributed by atoms with E-state index in [0.29, 0.717) is 21.4 Å². The van der Waals surface area contributed by atoms with Crippen molar-refractivity contribution in [2.75, 3.05) is 5.32 Å². The Morgan fingerprint density at radius 1 is 1.13 bits per heavy atom. The molecular weight excluding hydrogens is 422 g/mol. The summed E-state index contributed by atoms with van der Waals surface area (Å²) in [7, 11) is 0. The lowest BCUT2D eigenvalue weighted by molar-refractivity contribution is -0.117. The van der Waals surface area contributed by atoms with Gasteiger partial charge in [-0.05, 0) is 43.7 Å². The second kappa shape index (κ2) is 8.33. The van der Waals surface area contributed by atoms with Crippen molar-refractivity contribution in [2.45, 2.75) is 30.3 Å². The van der Waals surface area contributed by atoms with Gasteiger partial charge in [0.2, 0.25) is 5.91 Å². The molecule has 4 aromatic rings. The number of amides is 1. The van der Waals surface area contributed by atoms with Crippen molar-refractivity contribution in [3.63, 3.8) is 0 Å². The van der Waals surface area contributed by atoms with Crippen LogP contribution in [0.25, 0.3) is 5.65 Å². The fraction of sp³-hybridized carbons (Fsp3) is 0.143. The molecule has 1 amide bonds. The summed E-state index contributed by atoms with van der Waals surface area (Å²) in [5.74, 6) is -0.396. The third kappa shape index (κ3) is 4.24. The molecule has 0 radical (unpaired) electrons. The summed E-state index contributed by atoms with van der Waals surface area (Å²) < 4.78 is 2.50. The molecule has 0 atom stereocenters. The first kappa shape index (κ1) is 20.2. The quantitative estimate of drug-likeness (QED) is 0.509. The molecule has 0 aliphatic carbocycles. The van der Waals surface area contributed by atoms with Gasteiger partial charge < -0.3 is 5.32 Å². The van der Waals surface area contributed by atoms with Crippen LogP contribution in [-0.4, -0.2) is 25.1 Å². The number of carbonyl (C=O) groups excluding carboxylic acids is 1. The molecule has 2 aromatic heterocycles. The van der Waals surface area contributed by atoms with E-state index in [0.717, 1.165) is 20.7 Å². The van der Waals surface area contributed by atoms with E-state index >= 15 is 0 Å². The standard InChI is InChI=1S/C21H18ClN5O2S/c1-13-3-6-15(7-4-13)30-20-19-25-27(21(29)26(19)10-9-23-20)12-18(28)24-17-8-5-14(2)11-16(17)22/h3-11H,12H2,1-2H3,(H,24,28). The molecule has 152 valence electrons. The maximum atomic E-state index is 12.7. The molecule has 4 rings (SSSR count). The van der Waals surface area contributed by atoms with E-state index in [-0.39, 0.29) is 6.54 Å². The minimum atomic E-state index is -0.414. The summed E-state index contributed by atoms with van der Waals surface area (Å²) in [4.78, 5) is 30.5. The Morgan fingerprint density at radius 2 is 1.87 bits per heavy atom. The predicted molar refractivity (Wildman–Crippen MR) is 117 cm³/mol. The van der Waals surface area contributed by atoms with Crippen molar-refractivity contribution < 1.29 is 4.79 Å². The molecule has 0 saturated heterocycles. The molecule has 1 N–H and O–H groups in total. The average Bonchev–Trinajstić information content (AvgIpc) is 3.02. The lowest BCUT2D eigenvalue weighted by Gasteiger charge is -2.07. The lowest BCUT2D eigenvalue weighted by atomic mass is 10.2. The third-order valence-corrected chi connectivity index (χ3v) is 5.70. The normalized spacial score (nSPS) is 11.0. The number of aromatic nitrogens is 4. The molecule has 2 aromatic carbocycles. The molecule has 9 heteroatoms. The zero-order chi connectivity index (χ0) is 21.3. The van der Waals surface area contributed by atoms with Gasteiger partial charge in [0.15, 0.2) is 5.65 Å². The number of hydrogen-bond donors (Lipinski definition) is 1. The number of hydrogen-bond acceptors (Lipinski definition) is 5. The highest BCUT2D eigenvalue weighted by atomic mass is 35.5. The fourth-order valence-corrected chi connectivity index (χ4v) is 3.99. The molecular formula is C21H18ClN5O2S. The summed E-state index contributed by atoms with van der Waals surface area (Å²) in [6.45, 7) is 3.69. The molecule has 0 fully saturated rings. The Balaban J connectivity index is 1.59. The van der Waals surface area contributed by atoms with Gasteiger partial charge in [-0.2, -0.15) is 0 Å². The van der Waals surface area contributed by atoms with E-state index in [2.05, 4.69) is 15.4 Å². The third-order valence-electron chi connectivity index (χ3n) is 4.40. The van der Waals surface area contributed by atoms with Gasteiger partial charge in [0.05, 0.1) is 10.7 Å². The summed E-state index contributed by atoms with van der Waals surface area (Å²) >= 11 is 7.57. The zero-order valence-corrected chi connectivity index (χ0v) is 17.9. The number of anilines is 1. The Labute approximate surface area is 181 Å². The Kier molecular flexibility index (Phi) is 5.61. The highest BCUT2D eigenvalue weighted by Gasteiger charge is 2.15. The number of nitrogens with zero attached hydrogens (tertiary/aromatic N) is 4. The van der Waals surface area contributed by atoms with Crippen LogP contribution in [0.5, 0.6) is 0 Å². The van der Waals surface area contributed by atoms with Crippen LogP contribution in [0, 0.1) is 13.8 Å². The van der Waals surface area contributed by atoms with E-state index in [4.69, 9.17) is 11.6 Å². The second-order valence-corrected chi connectivity index (χ2v) is 8.28. The van der Waals surface area contributed by atoms with E-state index in [1.54, 1.807) is 18.3 Å². The number of carbonyl (C=O) groups is 1. The topological polar surface area (TPSA) is 81.3 Å². The maximum absolute atomic E-state index is 12.7. The van der Waals surface area contributed by atoms with Gasteiger partial charge in [-0.25, -0.2) is 18.9 Å². The Bertz CT molecular complexity index is 1300. The van der Waals surface area contributed by atoms with Crippen LogP contribution in [0.2, 0.25) is 5.02 Å². The number of rotatable bonds is 5. The smallest absolute Gasteiger partial charge is 0.323 e. The van der Waals surface area contributed by atoms with Gasteiger partial charge in [-0.15, -0.1) is 5.10 Å². The first-order valence-electron chi connectivity index (χ1n) is 9.15. The van der Waals surface area contributed by atoms with E-state index < -0.39 is 11.6 Å². The van der Waals surface area contributed by atoms with Crippen LogP contribution in [0.15, 0.2) is 69.6 Å². The molecule has 0 saturated carbocycles. The van der Waals surface area contributed by atoms with Gasteiger partial charge in [-0.3, -0.25) is 4.79 Å². The number of nitrogens with one attached hydrogen (secondary N) is 1. The van der Waals surface area contributed by atoms with Crippen molar-refractivity contribution in [3.05, 3.63) is 81.5 Å². The van der Waals surface area contributed by atoms with Crippen LogP contribution < -0.4 is 11.0 Å². The number of halogens is 1. The molecule has 2 heterocycles. The minimum Gasteiger partial charge on any atom is -0.323 e. The van der Waals surface area contributed by atoms with Crippen LogP contribution >= 0.6 is 23.4 Å². The molecule has 0 spiro atoms. The van der Waals surface area contributed by atoms with E-state index in [1.165, 1.54) is 22.4 Å². The van der Waals surface area contributed by atoms with E-state index in [1.807, 2.05) is 44.2 Å². The fourth-order valence-electron chi connectivity index (χ4n) is 2.87. The first-order chi connectivity index (χ1) is 14.4. The van der Waals surface area contributed by atoms with Gasteiger partial charge in [-0.1, -0.05) is 47.1 Å². The van der Waals surface area contributed by atoms with Crippen LogP contribution in [-0.2, 0) is 11.3 Å². The van der Waals surface area contributed by atoms with Crippen molar-refractivity contribution in [3.8, 4) is 0 Å². The highest BCUT2D eigenvalue weighted by molar-refractivity contribution is 7.99. The number of benzene rings is 2. The number of fused-ring (bicyclic) bond motifs is 1. The van der Waals surface area contributed by atoms with Gasteiger partial charge in [0.1, 0.15) is 11.6 Å². The number of aryl methyl sites for hydroxylation is 2. The largest absolute Gasteiger partial charge is 0.350 e.